The van der Waals surface area contributed by atoms with Crippen LogP contribution in [0.2, 0.25) is 0 Å². The zero-order chi connectivity index (χ0) is 35.3. The molecule has 2 aromatic heterocycles. The Morgan fingerprint density at radius 1 is 0.673 bits per heavy atom. The molecule has 258 valence electrons. The minimum atomic E-state index is -1.63. The zero-order valence-electron chi connectivity index (χ0n) is 25.6. The van der Waals surface area contributed by atoms with E-state index in [0.717, 1.165) is 26.7 Å². The van der Waals surface area contributed by atoms with Gasteiger partial charge in [0.15, 0.2) is 0 Å². The van der Waals surface area contributed by atoms with Crippen LogP contribution in [0.4, 0.5) is 15.3 Å². The Bertz CT molecular complexity index is 1900. The molecule has 0 fully saturated rings. The molecule has 1 amide bonds. The van der Waals surface area contributed by atoms with Crippen molar-refractivity contribution in [2.24, 2.45) is 0 Å². The molecule has 0 radical (unpaired) electrons. The van der Waals surface area contributed by atoms with Crippen molar-refractivity contribution >= 4 is 53.3 Å². The zero-order valence-corrected chi connectivity index (χ0v) is 29.9. The van der Waals surface area contributed by atoms with Crippen LogP contribution in [0, 0.1) is 11.8 Å². The molecule has 0 aliphatic heterocycles. The maximum absolute atomic E-state index is 12.9. The average Bonchev–Trinajstić information content (AvgIpc) is 3.04. The Morgan fingerprint density at radius 2 is 1.27 bits per heavy atom. The van der Waals surface area contributed by atoms with Crippen molar-refractivity contribution in [1.82, 2.24) is 21.1 Å². The number of nitrogens with one attached hydrogen (secondary N) is 1. The summed E-state index contributed by atoms with van der Waals surface area (Å²) in [5.41, 5.74) is 3.29. The topological polar surface area (TPSA) is 214 Å². The molecule has 17 heteroatoms. The summed E-state index contributed by atoms with van der Waals surface area (Å²) in [5.74, 6) is 3.21. The molecular formula is C32H30I2N6O9-2. The third kappa shape index (κ3) is 12.5. The normalized spacial score (nSPS) is 11.2. The first kappa shape index (κ1) is 37.3. The number of carbonyl (C=O) groups excluding carboxylic acids is 1. The molecule has 0 aliphatic rings. The molecule has 0 bridgehead atoms. The molecule has 4 aromatic rings. The number of carboxylic acids is 2. The number of anilines is 1. The standard InChI is InChI=1S/C32H30I2N6O9/c41-26(18-40(34-32(48)49)17-16-39(33-31(46)47)15-14-38(19-27(42)43)20-28(44)45)36-24-9-3-21(4-10-24)5-11-25-12-8-23-7-6-22-2-1-13-35-29(22)30(23)37-25/h1-4,6-10,12-13H,14-20H2,(H,36,41)(H,42,43)(H,44,45)(H,46,47)(H,48,49)/q-2. The SMILES string of the molecule is O=C(O)CN(CCN(CCN(CC(=O)Nc1ccc(C#Cc2ccc3ccc4cccnc4c3n2)cc1)[I-]C(=O)O)[I-]C(=O)O)CC(=O)O. The molecule has 15 nitrogen and oxygen atoms in total. The average molecular weight is 896 g/mol. The van der Waals surface area contributed by atoms with Gasteiger partial charge in [-0.05, 0) is 12.1 Å². The maximum atomic E-state index is 12.9. The number of hydrogen-bond donors (Lipinski definition) is 5. The van der Waals surface area contributed by atoms with Gasteiger partial charge in [-0.3, -0.25) is 4.98 Å². The minimum absolute atomic E-state index is 0.0200. The summed E-state index contributed by atoms with van der Waals surface area (Å²) in [6, 6.07) is 18.4. The second-order valence-electron chi connectivity index (χ2n) is 10.2. The summed E-state index contributed by atoms with van der Waals surface area (Å²) in [7, 11) is 0. The molecule has 0 spiro atoms. The van der Waals surface area contributed by atoms with Crippen LogP contribution in [0.5, 0.6) is 0 Å². The van der Waals surface area contributed by atoms with Crippen molar-refractivity contribution in [3.8, 4) is 11.8 Å². The fraction of sp³-hybridized carbons (Fsp3) is 0.219. The third-order valence-electron chi connectivity index (χ3n) is 6.60. The van der Waals surface area contributed by atoms with Crippen molar-refractivity contribution in [1.29, 1.82) is 0 Å². The van der Waals surface area contributed by atoms with Crippen molar-refractivity contribution in [2.75, 3.05) is 51.1 Å². The van der Waals surface area contributed by atoms with E-state index in [4.69, 9.17) is 10.2 Å². The van der Waals surface area contributed by atoms with Gasteiger partial charge in [-0.1, -0.05) is 18.2 Å². The van der Waals surface area contributed by atoms with E-state index in [1.165, 1.54) is 3.11 Å². The Kier molecular flexibility index (Phi) is 14.0. The summed E-state index contributed by atoms with van der Waals surface area (Å²) >= 11 is -3.21. The van der Waals surface area contributed by atoms with Gasteiger partial charge in [0.05, 0.1) is 11.0 Å². The molecular weight excluding hydrogens is 866 g/mol. The van der Waals surface area contributed by atoms with Gasteiger partial charge in [0.25, 0.3) is 0 Å². The van der Waals surface area contributed by atoms with Crippen molar-refractivity contribution in [3.05, 3.63) is 78.1 Å². The summed E-state index contributed by atoms with van der Waals surface area (Å²) in [4.78, 5) is 68.4. The fourth-order valence-corrected chi connectivity index (χ4v) is 7.56. The summed E-state index contributed by atoms with van der Waals surface area (Å²) in [6.45, 7) is -1.11. The quantitative estimate of drug-likeness (QED) is 0.0230. The number of carbonyl (C=O) groups is 5. The summed E-state index contributed by atoms with van der Waals surface area (Å²) in [6.07, 6.45) is 1.72. The predicted octanol–water partition coefficient (Wildman–Crippen LogP) is -3.44. The van der Waals surface area contributed by atoms with E-state index in [1.54, 1.807) is 33.6 Å². The van der Waals surface area contributed by atoms with Gasteiger partial charge in [0.1, 0.15) is 0 Å². The van der Waals surface area contributed by atoms with Crippen LogP contribution in [0.3, 0.4) is 0 Å². The van der Waals surface area contributed by atoms with Crippen molar-refractivity contribution in [2.45, 2.75) is 0 Å². The first-order valence-corrected chi connectivity index (χ1v) is 18.5. The molecule has 4 rings (SSSR count). The van der Waals surface area contributed by atoms with Crippen LogP contribution in [-0.4, -0.2) is 113 Å². The van der Waals surface area contributed by atoms with E-state index in [2.05, 4.69) is 27.1 Å². The van der Waals surface area contributed by atoms with Gasteiger partial charge in [-0.15, -0.1) is 0 Å². The van der Waals surface area contributed by atoms with Crippen LogP contribution >= 0.6 is 0 Å². The molecule has 0 unspecified atom stereocenters. The first-order valence-electron chi connectivity index (χ1n) is 14.4. The number of halogens is 2. The van der Waals surface area contributed by atoms with Crippen molar-refractivity contribution < 1.29 is 87.4 Å². The van der Waals surface area contributed by atoms with E-state index >= 15 is 0 Å². The Morgan fingerprint density at radius 3 is 1.92 bits per heavy atom. The molecule has 0 saturated carbocycles. The van der Waals surface area contributed by atoms with E-state index in [-0.39, 0.29) is 32.7 Å². The van der Waals surface area contributed by atoms with E-state index in [9.17, 15) is 34.2 Å². The number of benzene rings is 2. The molecule has 0 aliphatic carbocycles. The second-order valence-corrected chi connectivity index (χ2v) is 15.8. The number of fused-ring (bicyclic) bond motifs is 3. The summed E-state index contributed by atoms with van der Waals surface area (Å²) in [5, 5.41) is 41.6. The number of aromatic nitrogens is 2. The molecule has 0 atom stereocenters. The van der Waals surface area contributed by atoms with Crippen LogP contribution in [0.25, 0.3) is 21.8 Å². The molecule has 5 N–H and O–H groups in total. The number of aliphatic carboxylic acids is 2. The Labute approximate surface area is 301 Å². The van der Waals surface area contributed by atoms with Gasteiger partial charge < -0.3 is 0 Å². The van der Waals surface area contributed by atoms with Gasteiger partial charge in [0.2, 0.25) is 0 Å². The van der Waals surface area contributed by atoms with Gasteiger partial charge in [-0.25, -0.2) is 0 Å². The number of nitrogens with zero attached hydrogens (tertiary/aromatic N) is 5. The van der Waals surface area contributed by atoms with Gasteiger partial charge in [0, 0.05) is 17.0 Å². The number of amides is 1. The van der Waals surface area contributed by atoms with Crippen LogP contribution in [0.15, 0.2) is 66.9 Å². The fourth-order valence-electron chi connectivity index (χ4n) is 4.54. The van der Waals surface area contributed by atoms with Crippen molar-refractivity contribution in [3.63, 3.8) is 0 Å². The number of carboxylic acid groups (broad SMARTS) is 4. The third-order valence-corrected chi connectivity index (χ3v) is 10.6. The van der Waals surface area contributed by atoms with E-state index in [0.29, 0.717) is 16.9 Å². The van der Waals surface area contributed by atoms with Gasteiger partial charge in [-0.2, -0.15) is 0 Å². The van der Waals surface area contributed by atoms with Crippen LogP contribution in [-0.2, 0) is 14.4 Å². The van der Waals surface area contributed by atoms with E-state index < -0.39 is 81.8 Å². The molecule has 49 heavy (non-hydrogen) atoms. The predicted molar refractivity (Wildman–Crippen MR) is 169 cm³/mol. The first-order chi connectivity index (χ1) is 23.4. The molecule has 0 saturated heterocycles. The van der Waals surface area contributed by atoms with Gasteiger partial charge >= 0.3 is 240 Å². The Balaban J connectivity index is 1.35. The number of pyridine rings is 2. The molecule has 2 aromatic carbocycles. The Hall–Kier alpha value is -4.49. The van der Waals surface area contributed by atoms with Crippen LogP contribution in [0.1, 0.15) is 11.3 Å². The molecule has 2 heterocycles. The number of hydrogen-bond acceptors (Lipinski definition) is 10. The number of rotatable bonds is 17. The monoisotopic (exact) mass is 896 g/mol. The second kappa shape index (κ2) is 18.3. The van der Waals surface area contributed by atoms with Crippen LogP contribution < -0.4 is 48.3 Å². The summed E-state index contributed by atoms with van der Waals surface area (Å²) < 4.78 is 0.858. The van der Waals surface area contributed by atoms with E-state index in [1.807, 2.05) is 36.4 Å².